The van der Waals surface area contributed by atoms with Crippen LogP contribution in [0.2, 0.25) is 0 Å². The van der Waals surface area contributed by atoms with Gasteiger partial charge in [-0.15, -0.1) is 0 Å². The van der Waals surface area contributed by atoms with E-state index in [0.29, 0.717) is 22.5 Å². The molecular formula is C23H22FN3O2. The molecular weight excluding hydrogens is 369 g/mol. The summed E-state index contributed by atoms with van der Waals surface area (Å²) in [5, 5.41) is 8.55. The molecule has 0 aliphatic heterocycles. The number of rotatable bonds is 7. The maximum absolute atomic E-state index is 13.6. The van der Waals surface area contributed by atoms with Crippen LogP contribution in [0.15, 0.2) is 72.8 Å². The predicted molar refractivity (Wildman–Crippen MR) is 112 cm³/mol. The Labute approximate surface area is 169 Å². The second-order valence-electron chi connectivity index (χ2n) is 6.57. The number of hydrogen-bond acceptors (Lipinski definition) is 3. The summed E-state index contributed by atoms with van der Waals surface area (Å²) < 4.78 is 13.6. The highest BCUT2D eigenvalue weighted by Gasteiger charge is 2.10. The Hall–Kier alpha value is -3.67. The minimum atomic E-state index is -0.353. The molecule has 0 heterocycles. The lowest BCUT2D eigenvalue weighted by Crippen LogP contribution is -2.29. The molecule has 0 fully saturated rings. The SMILES string of the molecule is Cc1ccc(C(=O)Nc2ccccc2)cc1NCC(=O)NCc1ccccc1F. The lowest BCUT2D eigenvalue weighted by atomic mass is 10.1. The largest absolute Gasteiger partial charge is 0.376 e. The van der Waals surface area contributed by atoms with Gasteiger partial charge in [0, 0.05) is 29.0 Å². The maximum Gasteiger partial charge on any atom is 0.255 e. The Morgan fingerprint density at radius 1 is 0.931 bits per heavy atom. The normalized spacial score (nSPS) is 10.3. The van der Waals surface area contributed by atoms with E-state index >= 15 is 0 Å². The van der Waals surface area contributed by atoms with Gasteiger partial charge in [-0.3, -0.25) is 9.59 Å². The predicted octanol–water partition coefficient (Wildman–Crippen LogP) is 4.11. The second kappa shape index (κ2) is 9.50. The fraction of sp³-hybridized carbons (Fsp3) is 0.130. The average molecular weight is 391 g/mol. The third kappa shape index (κ3) is 5.65. The second-order valence-corrected chi connectivity index (χ2v) is 6.57. The summed E-state index contributed by atoms with van der Waals surface area (Å²) in [7, 11) is 0. The standard InChI is InChI=1S/C23H22FN3O2/c1-16-11-12-17(23(29)27-19-8-3-2-4-9-19)13-21(16)25-15-22(28)26-14-18-7-5-6-10-20(18)24/h2-13,25H,14-15H2,1H3,(H,26,28)(H,27,29). The molecule has 0 spiro atoms. The van der Waals surface area contributed by atoms with Crippen molar-refractivity contribution in [3.63, 3.8) is 0 Å². The molecule has 2 amide bonds. The highest BCUT2D eigenvalue weighted by molar-refractivity contribution is 6.05. The Morgan fingerprint density at radius 3 is 2.41 bits per heavy atom. The summed E-state index contributed by atoms with van der Waals surface area (Å²) >= 11 is 0. The molecule has 0 saturated carbocycles. The quantitative estimate of drug-likeness (QED) is 0.568. The molecule has 6 heteroatoms. The third-order valence-electron chi connectivity index (χ3n) is 4.40. The van der Waals surface area contributed by atoms with E-state index in [1.54, 1.807) is 30.3 Å². The van der Waals surface area contributed by atoms with Gasteiger partial charge < -0.3 is 16.0 Å². The van der Waals surface area contributed by atoms with Crippen molar-refractivity contribution in [2.24, 2.45) is 0 Å². The number of para-hydroxylation sites is 1. The zero-order valence-electron chi connectivity index (χ0n) is 16.0. The van der Waals surface area contributed by atoms with Gasteiger partial charge in [0.15, 0.2) is 0 Å². The molecule has 0 aliphatic rings. The van der Waals surface area contributed by atoms with Crippen molar-refractivity contribution in [1.82, 2.24) is 5.32 Å². The molecule has 3 rings (SSSR count). The van der Waals surface area contributed by atoms with E-state index in [4.69, 9.17) is 0 Å². The van der Waals surface area contributed by atoms with Crippen LogP contribution in [0, 0.1) is 12.7 Å². The van der Waals surface area contributed by atoms with Crippen molar-refractivity contribution in [2.45, 2.75) is 13.5 Å². The number of carbonyl (C=O) groups is 2. The molecule has 0 radical (unpaired) electrons. The number of aryl methyl sites for hydroxylation is 1. The number of anilines is 2. The van der Waals surface area contributed by atoms with Gasteiger partial charge >= 0.3 is 0 Å². The van der Waals surface area contributed by atoms with Crippen LogP contribution in [0.5, 0.6) is 0 Å². The van der Waals surface area contributed by atoms with Crippen LogP contribution in [0.25, 0.3) is 0 Å². The molecule has 0 bridgehead atoms. The zero-order chi connectivity index (χ0) is 20.6. The van der Waals surface area contributed by atoms with E-state index in [9.17, 15) is 14.0 Å². The Bertz CT molecular complexity index is 1010. The molecule has 148 valence electrons. The van der Waals surface area contributed by atoms with E-state index < -0.39 is 0 Å². The van der Waals surface area contributed by atoms with E-state index in [1.807, 2.05) is 43.3 Å². The smallest absolute Gasteiger partial charge is 0.255 e. The summed E-state index contributed by atoms with van der Waals surface area (Å²) in [6.45, 7) is 2.02. The van der Waals surface area contributed by atoms with E-state index in [2.05, 4.69) is 16.0 Å². The van der Waals surface area contributed by atoms with Crippen LogP contribution in [0.4, 0.5) is 15.8 Å². The van der Waals surface area contributed by atoms with E-state index in [1.165, 1.54) is 6.07 Å². The molecule has 3 aromatic rings. The van der Waals surface area contributed by atoms with Crippen molar-refractivity contribution in [3.05, 3.63) is 95.3 Å². The Kier molecular flexibility index (Phi) is 6.58. The number of carbonyl (C=O) groups excluding carboxylic acids is 2. The summed E-state index contributed by atoms with van der Waals surface area (Å²) in [5.41, 5.74) is 3.21. The van der Waals surface area contributed by atoms with Crippen molar-refractivity contribution >= 4 is 23.2 Å². The van der Waals surface area contributed by atoms with Crippen LogP contribution >= 0.6 is 0 Å². The first-order chi connectivity index (χ1) is 14.0. The van der Waals surface area contributed by atoms with Gasteiger partial charge in [0.2, 0.25) is 5.91 Å². The van der Waals surface area contributed by atoms with Crippen LogP contribution in [-0.2, 0) is 11.3 Å². The molecule has 0 atom stereocenters. The van der Waals surface area contributed by atoms with Crippen molar-refractivity contribution in [3.8, 4) is 0 Å². The fourth-order valence-corrected chi connectivity index (χ4v) is 2.75. The lowest BCUT2D eigenvalue weighted by Gasteiger charge is -2.12. The van der Waals surface area contributed by atoms with Crippen molar-refractivity contribution in [1.29, 1.82) is 0 Å². The van der Waals surface area contributed by atoms with Crippen LogP contribution < -0.4 is 16.0 Å². The van der Waals surface area contributed by atoms with Crippen LogP contribution in [-0.4, -0.2) is 18.4 Å². The highest BCUT2D eigenvalue weighted by Crippen LogP contribution is 2.18. The molecule has 0 aromatic heterocycles. The van der Waals surface area contributed by atoms with Gasteiger partial charge in [0.25, 0.3) is 5.91 Å². The number of nitrogens with one attached hydrogen (secondary N) is 3. The highest BCUT2D eigenvalue weighted by atomic mass is 19.1. The molecule has 0 saturated heterocycles. The minimum Gasteiger partial charge on any atom is -0.376 e. The van der Waals surface area contributed by atoms with Gasteiger partial charge in [-0.1, -0.05) is 42.5 Å². The Morgan fingerprint density at radius 2 is 1.66 bits per heavy atom. The summed E-state index contributed by atoms with van der Waals surface area (Å²) in [5.74, 6) is -0.858. The fourth-order valence-electron chi connectivity index (χ4n) is 2.75. The van der Waals surface area contributed by atoms with Gasteiger partial charge in [-0.2, -0.15) is 0 Å². The molecule has 0 unspecified atom stereocenters. The molecule has 5 nitrogen and oxygen atoms in total. The van der Waals surface area contributed by atoms with Crippen molar-refractivity contribution in [2.75, 3.05) is 17.2 Å². The summed E-state index contributed by atoms with van der Waals surface area (Å²) in [6.07, 6.45) is 0. The maximum atomic E-state index is 13.6. The number of benzene rings is 3. The average Bonchev–Trinajstić information content (AvgIpc) is 2.73. The molecule has 3 aromatic carbocycles. The van der Waals surface area contributed by atoms with E-state index in [0.717, 1.165) is 5.56 Å². The number of amides is 2. The zero-order valence-corrected chi connectivity index (χ0v) is 16.0. The lowest BCUT2D eigenvalue weighted by molar-refractivity contribution is -0.119. The molecule has 29 heavy (non-hydrogen) atoms. The first-order valence-corrected chi connectivity index (χ1v) is 9.24. The van der Waals surface area contributed by atoms with Crippen LogP contribution in [0.3, 0.4) is 0 Å². The van der Waals surface area contributed by atoms with Gasteiger partial charge in [0.05, 0.1) is 6.54 Å². The number of hydrogen-bond donors (Lipinski definition) is 3. The monoisotopic (exact) mass is 391 g/mol. The first-order valence-electron chi connectivity index (χ1n) is 9.24. The molecule has 3 N–H and O–H groups in total. The van der Waals surface area contributed by atoms with E-state index in [-0.39, 0.29) is 30.7 Å². The first kappa shape index (κ1) is 20.1. The summed E-state index contributed by atoms with van der Waals surface area (Å²) in [4.78, 5) is 24.6. The third-order valence-corrected chi connectivity index (χ3v) is 4.40. The Balaban J connectivity index is 1.57. The van der Waals surface area contributed by atoms with Gasteiger partial charge in [-0.05, 0) is 42.8 Å². The molecule has 0 aliphatic carbocycles. The van der Waals surface area contributed by atoms with Gasteiger partial charge in [0.1, 0.15) is 5.82 Å². The topological polar surface area (TPSA) is 70.2 Å². The van der Waals surface area contributed by atoms with Crippen molar-refractivity contribution < 1.29 is 14.0 Å². The minimum absolute atomic E-state index is 0.0129. The van der Waals surface area contributed by atoms with Gasteiger partial charge in [-0.25, -0.2) is 4.39 Å². The summed E-state index contributed by atoms with van der Waals surface area (Å²) in [6, 6.07) is 20.8. The van der Waals surface area contributed by atoms with Crippen LogP contribution in [0.1, 0.15) is 21.5 Å². The number of halogens is 1.